The highest BCUT2D eigenvalue weighted by Gasteiger charge is 2.38. The molecule has 0 bridgehead atoms. The molecule has 94 valence electrons. The van der Waals surface area contributed by atoms with E-state index in [1.165, 1.54) is 12.1 Å². The molecule has 0 spiro atoms. The van der Waals surface area contributed by atoms with Crippen LogP contribution in [-0.2, 0) is 6.42 Å². The lowest BCUT2D eigenvalue weighted by molar-refractivity contribution is -0.0689. The first-order chi connectivity index (χ1) is 8.01. The first kappa shape index (κ1) is 13.0. The average Bonchev–Trinajstić information content (AvgIpc) is 2.71. The first-order valence-corrected chi connectivity index (χ1v) is 6.65. The Morgan fingerprint density at radius 2 is 2.00 bits per heavy atom. The van der Waals surface area contributed by atoms with Crippen LogP contribution in [0.3, 0.4) is 0 Å². The van der Waals surface area contributed by atoms with Gasteiger partial charge in [0.1, 0.15) is 5.82 Å². The molecule has 4 heteroatoms. The van der Waals surface area contributed by atoms with E-state index in [2.05, 4.69) is 15.9 Å². The SMILES string of the molecule is OC(Cc1ccc(F)cc1Br)C1(O)CCCC1. The zero-order valence-corrected chi connectivity index (χ0v) is 11.1. The Bertz CT molecular complexity index is 402. The number of hydrogen-bond acceptors (Lipinski definition) is 2. The molecule has 0 heterocycles. The van der Waals surface area contributed by atoms with Gasteiger partial charge in [0.15, 0.2) is 0 Å². The van der Waals surface area contributed by atoms with Crippen LogP contribution in [0.5, 0.6) is 0 Å². The fourth-order valence-corrected chi connectivity index (χ4v) is 2.92. The van der Waals surface area contributed by atoms with E-state index in [1.54, 1.807) is 6.07 Å². The van der Waals surface area contributed by atoms with Crippen molar-refractivity contribution in [2.24, 2.45) is 0 Å². The van der Waals surface area contributed by atoms with Gasteiger partial charge in [-0.25, -0.2) is 4.39 Å². The Kier molecular flexibility index (Phi) is 3.85. The van der Waals surface area contributed by atoms with Crippen molar-refractivity contribution < 1.29 is 14.6 Å². The fourth-order valence-electron chi connectivity index (χ4n) is 2.41. The van der Waals surface area contributed by atoms with E-state index in [0.29, 0.717) is 23.7 Å². The molecule has 1 aliphatic carbocycles. The lowest BCUT2D eigenvalue weighted by atomic mass is 9.90. The molecule has 2 rings (SSSR count). The zero-order chi connectivity index (χ0) is 12.5. The van der Waals surface area contributed by atoms with Crippen molar-refractivity contribution in [3.05, 3.63) is 34.1 Å². The van der Waals surface area contributed by atoms with Crippen molar-refractivity contribution in [3.8, 4) is 0 Å². The van der Waals surface area contributed by atoms with Crippen molar-refractivity contribution in [1.29, 1.82) is 0 Å². The summed E-state index contributed by atoms with van der Waals surface area (Å²) in [5, 5.41) is 20.3. The van der Waals surface area contributed by atoms with Crippen molar-refractivity contribution in [3.63, 3.8) is 0 Å². The van der Waals surface area contributed by atoms with Crippen LogP contribution in [0.2, 0.25) is 0 Å². The van der Waals surface area contributed by atoms with Gasteiger partial charge in [-0.1, -0.05) is 34.8 Å². The molecule has 1 unspecified atom stereocenters. The monoisotopic (exact) mass is 302 g/mol. The minimum atomic E-state index is -0.964. The molecule has 0 saturated heterocycles. The van der Waals surface area contributed by atoms with Crippen LogP contribution >= 0.6 is 15.9 Å². The highest BCUT2D eigenvalue weighted by Crippen LogP contribution is 2.34. The molecule has 1 atom stereocenters. The Morgan fingerprint density at radius 3 is 2.59 bits per heavy atom. The molecule has 1 aliphatic rings. The predicted octanol–water partition coefficient (Wildman–Crippen LogP) is 2.80. The normalized spacial score (nSPS) is 20.5. The van der Waals surface area contributed by atoms with Crippen LogP contribution < -0.4 is 0 Å². The minimum absolute atomic E-state index is 0.310. The smallest absolute Gasteiger partial charge is 0.124 e. The summed E-state index contributed by atoms with van der Waals surface area (Å²) in [5.41, 5.74) is -0.146. The second kappa shape index (κ2) is 5.04. The molecular formula is C13H16BrFO2. The van der Waals surface area contributed by atoms with Gasteiger partial charge in [-0.3, -0.25) is 0 Å². The summed E-state index contributed by atoms with van der Waals surface area (Å²) in [6.07, 6.45) is 2.76. The Morgan fingerprint density at radius 1 is 1.35 bits per heavy atom. The molecule has 2 N–H and O–H groups in total. The third-order valence-electron chi connectivity index (χ3n) is 3.52. The molecule has 0 aromatic heterocycles. The van der Waals surface area contributed by atoms with Gasteiger partial charge in [0.05, 0.1) is 11.7 Å². The number of benzene rings is 1. The van der Waals surface area contributed by atoms with Gasteiger partial charge in [0.25, 0.3) is 0 Å². The third-order valence-corrected chi connectivity index (χ3v) is 4.26. The van der Waals surface area contributed by atoms with Crippen LogP contribution in [0.15, 0.2) is 22.7 Å². The van der Waals surface area contributed by atoms with Gasteiger partial charge < -0.3 is 10.2 Å². The Labute approximate surface area is 109 Å². The van der Waals surface area contributed by atoms with Crippen molar-refractivity contribution in [1.82, 2.24) is 0 Å². The molecule has 2 nitrogen and oxygen atoms in total. The van der Waals surface area contributed by atoms with E-state index in [4.69, 9.17) is 0 Å². The topological polar surface area (TPSA) is 40.5 Å². The van der Waals surface area contributed by atoms with Crippen LogP contribution in [0.25, 0.3) is 0 Å². The van der Waals surface area contributed by atoms with Crippen LogP contribution in [-0.4, -0.2) is 21.9 Å². The summed E-state index contributed by atoms with van der Waals surface area (Å²) < 4.78 is 13.6. The van der Waals surface area contributed by atoms with Gasteiger partial charge in [-0.15, -0.1) is 0 Å². The van der Waals surface area contributed by atoms with Crippen LogP contribution in [0.1, 0.15) is 31.2 Å². The molecule has 1 saturated carbocycles. The molecular weight excluding hydrogens is 287 g/mol. The standard InChI is InChI=1S/C13H16BrFO2/c14-11-8-10(15)4-3-9(11)7-12(16)13(17)5-1-2-6-13/h3-4,8,12,16-17H,1-2,5-7H2. The van der Waals surface area contributed by atoms with Crippen molar-refractivity contribution >= 4 is 15.9 Å². The number of aliphatic hydroxyl groups is 2. The second-order valence-electron chi connectivity index (χ2n) is 4.77. The number of aliphatic hydroxyl groups excluding tert-OH is 1. The van der Waals surface area contributed by atoms with E-state index in [9.17, 15) is 14.6 Å². The maximum atomic E-state index is 12.9. The first-order valence-electron chi connectivity index (χ1n) is 5.86. The number of rotatable bonds is 3. The molecule has 0 amide bonds. The van der Waals surface area contributed by atoms with Gasteiger partial charge in [-0.05, 0) is 30.5 Å². The summed E-state index contributed by atoms with van der Waals surface area (Å²) >= 11 is 3.27. The predicted molar refractivity (Wildman–Crippen MR) is 67.2 cm³/mol. The molecule has 0 radical (unpaired) electrons. The number of halogens is 2. The summed E-state index contributed by atoms with van der Waals surface area (Å²) in [6.45, 7) is 0. The molecule has 1 fully saturated rings. The summed E-state index contributed by atoms with van der Waals surface area (Å²) in [6, 6.07) is 4.38. The molecule has 1 aromatic rings. The maximum Gasteiger partial charge on any atom is 0.124 e. The van der Waals surface area contributed by atoms with Crippen molar-refractivity contribution in [2.75, 3.05) is 0 Å². The van der Waals surface area contributed by atoms with Crippen LogP contribution in [0, 0.1) is 5.82 Å². The fraction of sp³-hybridized carbons (Fsp3) is 0.538. The maximum absolute atomic E-state index is 12.9. The Hall–Kier alpha value is -0.450. The molecule has 0 aliphatic heterocycles. The van der Waals surface area contributed by atoms with Gasteiger partial charge in [0, 0.05) is 10.9 Å². The minimum Gasteiger partial charge on any atom is -0.390 e. The summed E-state index contributed by atoms with van der Waals surface area (Å²) in [4.78, 5) is 0. The quantitative estimate of drug-likeness (QED) is 0.901. The number of hydrogen-bond donors (Lipinski definition) is 2. The van der Waals surface area contributed by atoms with Crippen LogP contribution in [0.4, 0.5) is 4.39 Å². The molecule has 1 aromatic carbocycles. The van der Waals surface area contributed by atoms with Gasteiger partial charge >= 0.3 is 0 Å². The average molecular weight is 303 g/mol. The van der Waals surface area contributed by atoms with E-state index in [1.807, 2.05) is 0 Å². The third kappa shape index (κ3) is 2.87. The van der Waals surface area contributed by atoms with E-state index >= 15 is 0 Å². The van der Waals surface area contributed by atoms with E-state index < -0.39 is 11.7 Å². The van der Waals surface area contributed by atoms with E-state index in [0.717, 1.165) is 18.4 Å². The second-order valence-corrected chi connectivity index (χ2v) is 5.62. The largest absolute Gasteiger partial charge is 0.390 e. The highest BCUT2D eigenvalue weighted by atomic mass is 79.9. The van der Waals surface area contributed by atoms with Crippen molar-refractivity contribution in [2.45, 2.75) is 43.8 Å². The van der Waals surface area contributed by atoms with Gasteiger partial charge in [0.2, 0.25) is 0 Å². The van der Waals surface area contributed by atoms with E-state index in [-0.39, 0.29) is 5.82 Å². The summed E-state index contributed by atoms with van der Waals surface area (Å²) in [7, 11) is 0. The lowest BCUT2D eigenvalue weighted by Crippen LogP contribution is -2.40. The Balaban J connectivity index is 2.10. The molecule has 17 heavy (non-hydrogen) atoms. The zero-order valence-electron chi connectivity index (χ0n) is 9.50. The lowest BCUT2D eigenvalue weighted by Gasteiger charge is -2.28. The van der Waals surface area contributed by atoms with Gasteiger partial charge in [-0.2, -0.15) is 0 Å². The summed E-state index contributed by atoms with van der Waals surface area (Å²) in [5.74, 6) is -0.310. The highest BCUT2D eigenvalue weighted by molar-refractivity contribution is 9.10.